The molecule has 6 N–H and O–H groups in total. The third-order valence-electron chi connectivity index (χ3n) is 8.59. The number of halogens is 5. The minimum Gasteiger partial charge on any atom is -0.475 e. The number of hydrogen-bond donors (Lipinski definition) is 5. The summed E-state index contributed by atoms with van der Waals surface area (Å²) in [5, 5.41) is 22.2. The first-order valence-electron chi connectivity index (χ1n) is 17.7. The highest BCUT2D eigenvalue weighted by Gasteiger charge is 2.39. The molecule has 3 unspecified atom stereocenters. The van der Waals surface area contributed by atoms with E-state index in [2.05, 4.69) is 10.6 Å². The van der Waals surface area contributed by atoms with Gasteiger partial charge in [0, 0.05) is 50.1 Å². The van der Waals surface area contributed by atoms with E-state index in [4.69, 9.17) is 20.6 Å². The third kappa shape index (κ3) is 12.7. The molecule has 0 saturated carbocycles. The van der Waals surface area contributed by atoms with Crippen LogP contribution in [0.1, 0.15) is 51.5 Å². The number of nitrogens with one attached hydrogen (secondary N) is 2. The molecule has 1 aliphatic rings. The maximum absolute atomic E-state index is 15.0. The van der Waals surface area contributed by atoms with E-state index in [0.717, 1.165) is 40.8 Å². The minimum absolute atomic E-state index is 0.0235. The highest BCUT2D eigenvalue weighted by atomic mass is 19.4. The Morgan fingerprint density at radius 2 is 1.57 bits per heavy atom. The number of hydrogen-bond acceptors (Lipinski definition) is 9. The van der Waals surface area contributed by atoms with Gasteiger partial charge in [0.25, 0.3) is 11.8 Å². The van der Waals surface area contributed by atoms with Crippen LogP contribution in [0.25, 0.3) is 11.3 Å². The van der Waals surface area contributed by atoms with E-state index in [0.29, 0.717) is 5.82 Å². The molecule has 314 valence electrons. The van der Waals surface area contributed by atoms with E-state index in [1.165, 1.54) is 11.8 Å². The van der Waals surface area contributed by atoms with Crippen LogP contribution < -0.4 is 16.4 Å². The number of carboxylic acid groups (broad SMARTS) is 1. The van der Waals surface area contributed by atoms with Crippen LogP contribution >= 0.6 is 0 Å². The lowest BCUT2D eigenvalue weighted by Gasteiger charge is -2.40. The molecule has 0 saturated heterocycles. The van der Waals surface area contributed by atoms with Crippen LogP contribution in [-0.4, -0.2) is 110 Å². The number of alkyl halides is 3. The Morgan fingerprint density at radius 3 is 2.12 bits per heavy atom. The number of carboxylic acids is 1. The predicted octanol–water partition coefficient (Wildman–Crippen LogP) is 2.68. The molecule has 20 heteroatoms. The molecule has 0 spiro atoms. The number of carbonyl (C=O) groups is 6. The van der Waals surface area contributed by atoms with Crippen LogP contribution in [0.2, 0.25) is 0 Å². The van der Waals surface area contributed by atoms with Gasteiger partial charge in [-0.1, -0.05) is 51.1 Å². The Hall–Kier alpha value is -6.02. The number of nitrogens with two attached hydrogens (primary N) is 1. The molecule has 0 fully saturated rings. The van der Waals surface area contributed by atoms with Crippen LogP contribution in [0.4, 0.5) is 22.0 Å². The number of benzene rings is 2. The van der Waals surface area contributed by atoms with Gasteiger partial charge in [-0.15, -0.1) is 0 Å². The van der Waals surface area contributed by atoms with Gasteiger partial charge in [0.1, 0.15) is 30.1 Å². The first-order chi connectivity index (χ1) is 27.0. The molecule has 1 aliphatic heterocycles. The van der Waals surface area contributed by atoms with Crippen molar-refractivity contribution in [3.05, 3.63) is 89.9 Å². The monoisotopic (exact) mass is 821 g/mol. The van der Waals surface area contributed by atoms with Crippen LogP contribution in [0.15, 0.2) is 66.9 Å². The fourth-order valence-electron chi connectivity index (χ4n) is 5.75. The number of rotatable bonds is 15. The zero-order chi connectivity index (χ0) is 43.5. The summed E-state index contributed by atoms with van der Waals surface area (Å²) >= 11 is 0. The van der Waals surface area contributed by atoms with Crippen LogP contribution in [-0.2, 0) is 35.3 Å². The number of imide groups is 1. The molecule has 0 bridgehead atoms. The number of carbonyl (C=O) groups excluding carboxylic acids is 5. The molecule has 1 aromatic heterocycles. The summed E-state index contributed by atoms with van der Waals surface area (Å²) in [5.74, 6) is -6.63. The average molecular weight is 822 g/mol. The fourth-order valence-corrected chi connectivity index (χ4v) is 5.75. The Bertz CT molecular complexity index is 1980. The lowest BCUT2D eigenvalue weighted by Crippen LogP contribution is -2.52. The fraction of sp³-hybridized carbons (Fsp3) is 0.395. The lowest BCUT2D eigenvalue weighted by molar-refractivity contribution is -0.192. The van der Waals surface area contributed by atoms with Gasteiger partial charge in [-0.25, -0.2) is 18.6 Å². The third-order valence-corrected chi connectivity index (χ3v) is 8.59. The van der Waals surface area contributed by atoms with Gasteiger partial charge in [-0.05, 0) is 42.5 Å². The molecule has 4 rings (SSSR count). The summed E-state index contributed by atoms with van der Waals surface area (Å²) in [7, 11) is 0. The van der Waals surface area contributed by atoms with Crippen molar-refractivity contribution < 1.29 is 60.9 Å². The smallest absolute Gasteiger partial charge is 0.475 e. The van der Waals surface area contributed by atoms with Gasteiger partial charge < -0.3 is 36.0 Å². The Balaban J connectivity index is 0.00000117. The summed E-state index contributed by atoms with van der Waals surface area (Å²) in [6.45, 7) is 6.26. The van der Waals surface area contributed by atoms with E-state index >= 15 is 0 Å². The summed E-state index contributed by atoms with van der Waals surface area (Å²) in [6, 6.07) is 9.38. The van der Waals surface area contributed by atoms with Gasteiger partial charge in [-0.3, -0.25) is 28.9 Å². The van der Waals surface area contributed by atoms with Crippen molar-refractivity contribution >= 4 is 35.5 Å². The quantitative estimate of drug-likeness (QED) is 0.112. The van der Waals surface area contributed by atoms with E-state index in [1.807, 2.05) is 51.1 Å². The Morgan fingerprint density at radius 1 is 0.966 bits per heavy atom. The molecule has 2 heterocycles. The van der Waals surface area contributed by atoms with Crippen molar-refractivity contribution in [2.75, 3.05) is 26.2 Å². The molecule has 15 nitrogen and oxygen atoms in total. The van der Waals surface area contributed by atoms with Crippen molar-refractivity contribution in [3.63, 3.8) is 0 Å². The van der Waals surface area contributed by atoms with Gasteiger partial charge >= 0.3 is 12.1 Å². The minimum atomic E-state index is -5.08. The van der Waals surface area contributed by atoms with Gasteiger partial charge in [-0.2, -0.15) is 13.2 Å². The van der Waals surface area contributed by atoms with Crippen molar-refractivity contribution in [3.8, 4) is 11.3 Å². The van der Waals surface area contributed by atoms with E-state index in [9.17, 15) is 51.0 Å². The standard InChI is InChI=1S/C36H43F2N7O6.C2HF3O2/c1-22(34(50)40-15-17-44-29(47)12-13-30(44)48)41-35(51)27(39)14-16-45(31(49)21-46)32(36(2,3)4)33-42-28(25-18-24(37)10-11-26(25)38)20-43(33)19-23-8-6-5-7-9-23;3-2(4,5)1(6)7/h5-13,18,20,22,27,32,46H,14-17,19,21,39H2,1-4H3,(H,40,50)(H,41,51);(H,6,7). The highest BCUT2D eigenvalue weighted by Crippen LogP contribution is 2.39. The van der Waals surface area contributed by atoms with Crippen molar-refractivity contribution in [1.29, 1.82) is 0 Å². The van der Waals surface area contributed by atoms with Gasteiger partial charge in [0.05, 0.1) is 17.8 Å². The number of amides is 5. The number of aromatic nitrogens is 2. The van der Waals surface area contributed by atoms with E-state index in [1.54, 1.807) is 10.8 Å². The number of nitrogens with zero attached hydrogens (tertiary/aromatic N) is 4. The van der Waals surface area contributed by atoms with Crippen molar-refractivity contribution in [1.82, 2.24) is 30.0 Å². The number of aliphatic carboxylic acids is 1. The highest BCUT2D eigenvalue weighted by molar-refractivity contribution is 6.12. The maximum atomic E-state index is 15.0. The van der Waals surface area contributed by atoms with Crippen molar-refractivity contribution in [2.45, 2.75) is 65.0 Å². The van der Waals surface area contributed by atoms with Crippen LogP contribution in [0.3, 0.4) is 0 Å². The average Bonchev–Trinajstić information content (AvgIpc) is 3.70. The molecule has 3 aromatic rings. The second-order valence-electron chi connectivity index (χ2n) is 14.1. The number of aliphatic hydroxyl groups is 1. The predicted molar refractivity (Wildman–Crippen MR) is 197 cm³/mol. The summed E-state index contributed by atoms with van der Waals surface area (Å²) in [4.78, 5) is 78.4. The largest absolute Gasteiger partial charge is 0.490 e. The number of imidazole rings is 1. The number of aliphatic hydroxyl groups excluding tert-OH is 1. The maximum Gasteiger partial charge on any atom is 0.490 e. The van der Waals surface area contributed by atoms with Crippen LogP contribution in [0.5, 0.6) is 0 Å². The lowest BCUT2D eigenvalue weighted by atomic mass is 9.84. The molecular weight excluding hydrogens is 777 g/mol. The van der Waals surface area contributed by atoms with Crippen LogP contribution in [0, 0.1) is 17.0 Å². The topological polar surface area (TPSA) is 217 Å². The summed E-state index contributed by atoms with van der Waals surface area (Å²) in [5.41, 5.74) is 6.45. The first kappa shape index (κ1) is 46.4. The molecule has 0 radical (unpaired) electrons. The van der Waals surface area contributed by atoms with Crippen molar-refractivity contribution in [2.24, 2.45) is 11.1 Å². The van der Waals surface area contributed by atoms with Gasteiger partial charge in [0.2, 0.25) is 17.7 Å². The molecule has 3 atom stereocenters. The molecule has 5 amide bonds. The molecular formula is C38H44F5N7O8. The summed E-state index contributed by atoms with van der Waals surface area (Å²) < 4.78 is 62.7. The Labute approximate surface area is 329 Å². The van der Waals surface area contributed by atoms with E-state index in [-0.39, 0.29) is 43.9 Å². The second kappa shape index (κ2) is 19.9. The summed E-state index contributed by atoms with van der Waals surface area (Å²) in [6.07, 6.45) is -1.30. The molecule has 2 aromatic carbocycles. The molecule has 58 heavy (non-hydrogen) atoms. The second-order valence-corrected chi connectivity index (χ2v) is 14.1. The first-order valence-corrected chi connectivity index (χ1v) is 17.7. The SMILES string of the molecule is CC(NC(=O)C(N)CCN(C(=O)CO)C(c1nc(-c2cc(F)ccc2F)cn1Cc1ccccc1)C(C)(C)C)C(=O)NCCN1C(=O)C=CC1=O.O=C(O)C(F)(F)F. The van der Waals surface area contributed by atoms with Gasteiger partial charge in [0.15, 0.2) is 0 Å². The normalized spacial score (nSPS) is 14.3. The zero-order valence-corrected chi connectivity index (χ0v) is 31.9. The van der Waals surface area contributed by atoms with E-state index < -0.39 is 83.5 Å². The Kier molecular flexibility index (Phi) is 15.9. The zero-order valence-electron chi connectivity index (χ0n) is 31.9. The molecule has 0 aliphatic carbocycles.